The Bertz CT molecular complexity index is 1010. The van der Waals surface area contributed by atoms with Crippen LogP contribution in [-0.4, -0.2) is 55.9 Å². The van der Waals surface area contributed by atoms with Gasteiger partial charge in [-0.25, -0.2) is 19.2 Å². The van der Waals surface area contributed by atoms with Gasteiger partial charge < -0.3 is 20.4 Å². The van der Waals surface area contributed by atoms with Crippen LogP contribution < -0.4 is 0 Å². The first-order chi connectivity index (χ1) is 14.0. The van der Waals surface area contributed by atoms with Gasteiger partial charge in [0.15, 0.2) is 11.6 Å². The Morgan fingerprint density at radius 1 is 0.500 bits per heavy atom. The van der Waals surface area contributed by atoms with E-state index in [0.29, 0.717) is 0 Å². The maximum Gasteiger partial charge on any atom is 0.336 e. The quantitative estimate of drug-likeness (QED) is 0.444. The molecule has 0 saturated carbocycles. The van der Waals surface area contributed by atoms with E-state index in [1.165, 1.54) is 0 Å². The number of carboxylic acid groups (broad SMARTS) is 4. The number of ketones is 2. The van der Waals surface area contributed by atoms with Crippen molar-refractivity contribution in [1.29, 1.82) is 0 Å². The molecule has 0 spiro atoms. The van der Waals surface area contributed by atoms with Gasteiger partial charge in [-0.1, -0.05) is 12.1 Å². The van der Waals surface area contributed by atoms with Crippen molar-refractivity contribution >= 4 is 35.4 Å². The van der Waals surface area contributed by atoms with Gasteiger partial charge in [-0.3, -0.25) is 9.59 Å². The van der Waals surface area contributed by atoms with Crippen molar-refractivity contribution in [2.24, 2.45) is 0 Å². The maximum atomic E-state index is 12.3. The number of aromatic carboxylic acids is 4. The molecule has 2 rings (SSSR count). The van der Waals surface area contributed by atoms with E-state index in [0.717, 1.165) is 36.4 Å². The molecule has 10 heteroatoms. The zero-order valence-electron chi connectivity index (χ0n) is 15.1. The van der Waals surface area contributed by atoms with Crippen LogP contribution in [0.1, 0.15) is 75.0 Å². The smallest absolute Gasteiger partial charge is 0.336 e. The average Bonchev–Trinajstić information content (AvgIpc) is 2.70. The summed E-state index contributed by atoms with van der Waals surface area (Å²) < 4.78 is 0. The van der Waals surface area contributed by atoms with Gasteiger partial charge in [-0.2, -0.15) is 0 Å². The minimum Gasteiger partial charge on any atom is -0.478 e. The average molecular weight is 414 g/mol. The summed E-state index contributed by atoms with van der Waals surface area (Å²) >= 11 is 0. The normalized spacial score (nSPS) is 10.3. The molecule has 0 saturated heterocycles. The highest BCUT2D eigenvalue weighted by Crippen LogP contribution is 2.18. The van der Waals surface area contributed by atoms with Crippen LogP contribution >= 0.6 is 0 Å². The van der Waals surface area contributed by atoms with Crippen LogP contribution in [0.2, 0.25) is 0 Å². The van der Waals surface area contributed by atoms with Crippen molar-refractivity contribution in [3.8, 4) is 0 Å². The van der Waals surface area contributed by atoms with E-state index in [9.17, 15) is 28.8 Å². The lowest BCUT2D eigenvalue weighted by Crippen LogP contribution is -2.12. The van der Waals surface area contributed by atoms with Crippen molar-refractivity contribution in [1.82, 2.24) is 0 Å². The Balaban J connectivity index is 2.19. The highest BCUT2D eigenvalue weighted by Gasteiger charge is 2.21. The lowest BCUT2D eigenvalue weighted by Gasteiger charge is -2.07. The zero-order valence-corrected chi connectivity index (χ0v) is 15.1. The minimum atomic E-state index is -1.53. The summed E-state index contributed by atoms with van der Waals surface area (Å²) in [5.74, 6) is -7.25. The van der Waals surface area contributed by atoms with E-state index in [4.69, 9.17) is 20.4 Å². The Hall–Kier alpha value is -4.34. The number of hydrogen-bond acceptors (Lipinski definition) is 6. The summed E-state index contributed by atoms with van der Waals surface area (Å²) in [5.41, 5.74) is -2.33. The van der Waals surface area contributed by atoms with Crippen molar-refractivity contribution < 1.29 is 49.2 Å². The number of rotatable bonds is 9. The Kier molecular flexibility index (Phi) is 6.42. The molecule has 0 aromatic heterocycles. The summed E-state index contributed by atoms with van der Waals surface area (Å²) in [6, 6.07) is 6.03. The van der Waals surface area contributed by atoms with Gasteiger partial charge >= 0.3 is 23.9 Å². The fraction of sp³-hybridized carbons (Fsp3) is 0.100. The van der Waals surface area contributed by atoms with E-state index < -0.39 is 57.7 Å². The van der Waals surface area contributed by atoms with Gasteiger partial charge in [-0.05, 0) is 24.3 Å². The Morgan fingerprint density at radius 2 is 0.800 bits per heavy atom. The molecule has 2 aromatic rings. The molecule has 0 heterocycles. The molecule has 10 nitrogen and oxygen atoms in total. The Morgan fingerprint density at radius 3 is 1.07 bits per heavy atom. The number of carbonyl (C=O) groups is 6. The van der Waals surface area contributed by atoms with Gasteiger partial charge in [0, 0.05) is 24.0 Å². The van der Waals surface area contributed by atoms with Crippen LogP contribution in [0.5, 0.6) is 0 Å². The summed E-state index contributed by atoms with van der Waals surface area (Å²) in [5, 5.41) is 36.2. The predicted octanol–water partition coefficient (Wildman–Crippen LogP) is 2.33. The van der Waals surface area contributed by atoms with Gasteiger partial charge in [0.25, 0.3) is 0 Å². The second-order valence-corrected chi connectivity index (χ2v) is 6.09. The molecule has 0 aliphatic rings. The molecule has 2 aromatic carbocycles. The van der Waals surface area contributed by atoms with Crippen molar-refractivity contribution in [3.63, 3.8) is 0 Å². The molecule has 0 atom stereocenters. The van der Waals surface area contributed by atoms with Crippen LogP contribution in [0.3, 0.4) is 0 Å². The van der Waals surface area contributed by atoms with Crippen molar-refractivity contribution in [2.75, 3.05) is 0 Å². The summed E-state index contributed by atoms with van der Waals surface area (Å²) in [4.78, 5) is 69.1. The second-order valence-electron chi connectivity index (χ2n) is 6.09. The number of hydrogen-bond donors (Lipinski definition) is 4. The monoisotopic (exact) mass is 414 g/mol. The molecule has 4 N–H and O–H groups in total. The standard InChI is InChI=1S/C20H14O10/c21-15(9-1-3-11(17(23)24)13(7-9)19(27)28)5-6-16(22)10-2-4-12(18(25)26)14(8-10)20(29)30/h1-4,7-8H,5-6H2,(H,23,24)(H,25,26)(H,27,28)(H,29,30). The SMILES string of the molecule is O=C(CCC(=O)c1ccc(C(=O)O)c(C(=O)O)c1)c1ccc(C(=O)O)c(C(=O)O)c1. The summed E-state index contributed by atoms with van der Waals surface area (Å²) in [7, 11) is 0. The first-order valence-electron chi connectivity index (χ1n) is 8.30. The van der Waals surface area contributed by atoms with Crippen LogP contribution in [0.15, 0.2) is 36.4 Å². The zero-order chi connectivity index (χ0) is 22.6. The summed E-state index contributed by atoms with van der Waals surface area (Å²) in [6.07, 6.45) is -0.708. The van der Waals surface area contributed by atoms with Gasteiger partial charge in [0.1, 0.15) is 0 Å². The van der Waals surface area contributed by atoms with E-state index in [1.807, 2.05) is 0 Å². The predicted molar refractivity (Wildman–Crippen MR) is 98.6 cm³/mol. The third kappa shape index (κ3) is 4.73. The number of Topliss-reactive ketones (excluding diaryl/α,β-unsaturated/α-hetero) is 2. The molecule has 0 bridgehead atoms. The van der Waals surface area contributed by atoms with Crippen LogP contribution in [0.25, 0.3) is 0 Å². The number of carboxylic acids is 4. The fourth-order valence-electron chi connectivity index (χ4n) is 2.68. The molecule has 30 heavy (non-hydrogen) atoms. The molecule has 0 amide bonds. The van der Waals surface area contributed by atoms with Crippen LogP contribution in [-0.2, 0) is 0 Å². The number of carbonyl (C=O) groups excluding carboxylic acids is 2. The van der Waals surface area contributed by atoms with Crippen molar-refractivity contribution in [3.05, 3.63) is 69.8 Å². The van der Waals surface area contributed by atoms with Gasteiger partial charge in [-0.15, -0.1) is 0 Å². The fourth-order valence-corrected chi connectivity index (χ4v) is 2.68. The topological polar surface area (TPSA) is 183 Å². The highest BCUT2D eigenvalue weighted by atomic mass is 16.4. The van der Waals surface area contributed by atoms with E-state index in [2.05, 4.69) is 0 Å². The largest absolute Gasteiger partial charge is 0.478 e. The third-order valence-corrected chi connectivity index (χ3v) is 4.18. The minimum absolute atomic E-state index is 0.0994. The molecule has 0 unspecified atom stereocenters. The molecule has 0 radical (unpaired) electrons. The third-order valence-electron chi connectivity index (χ3n) is 4.18. The lowest BCUT2D eigenvalue weighted by atomic mass is 9.96. The first kappa shape index (κ1) is 22.0. The molecule has 0 aliphatic heterocycles. The number of benzene rings is 2. The van der Waals surface area contributed by atoms with Gasteiger partial charge in [0.2, 0.25) is 0 Å². The Labute approximate surface area is 168 Å². The van der Waals surface area contributed by atoms with Crippen LogP contribution in [0.4, 0.5) is 0 Å². The molecule has 0 fully saturated rings. The van der Waals surface area contributed by atoms with E-state index >= 15 is 0 Å². The second kappa shape index (κ2) is 8.78. The maximum absolute atomic E-state index is 12.3. The molecular formula is C20H14O10. The van der Waals surface area contributed by atoms with E-state index in [1.54, 1.807) is 0 Å². The van der Waals surface area contributed by atoms with Gasteiger partial charge in [0.05, 0.1) is 22.3 Å². The highest BCUT2D eigenvalue weighted by molar-refractivity contribution is 6.08. The lowest BCUT2D eigenvalue weighted by molar-refractivity contribution is 0.0651. The van der Waals surface area contributed by atoms with Crippen LogP contribution in [0, 0.1) is 0 Å². The molecule has 154 valence electrons. The van der Waals surface area contributed by atoms with E-state index in [-0.39, 0.29) is 24.0 Å². The van der Waals surface area contributed by atoms with Crippen molar-refractivity contribution in [2.45, 2.75) is 12.8 Å². The molecule has 0 aliphatic carbocycles. The molecular weight excluding hydrogens is 400 g/mol. The summed E-state index contributed by atoms with van der Waals surface area (Å²) in [6.45, 7) is 0. The first-order valence-corrected chi connectivity index (χ1v) is 8.30.